The summed E-state index contributed by atoms with van der Waals surface area (Å²) in [5.74, 6) is 0.731. The van der Waals surface area contributed by atoms with Gasteiger partial charge in [0.25, 0.3) is 0 Å². The molecule has 0 aromatic heterocycles. The molecule has 0 unspecified atom stereocenters. The summed E-state index contributed by atoms with van der Waals surface area (Å²) in [6, 6.07) is 10.6. The molecule has 1 saturated carbocycles. The van der Waals surface area contributed by atoms with E-state index in [0.717, 1.165) is 38.1 Å². The molecule has 1 aliphatic rings. The average molecular weight is 480 g/mol. The van der Waals surface area contributed by atoms with E-state index in [4.69, 9.17) is 4.99 Å². The maximum Gasteiger partial charge on any atom is 0.208 e. The Hall–Kier alpha value is -0.870. The van der Waals surface area contributed by atoms with Crippen LogP contribution in [0.3, 0.4) is 0 Å². The molecule has 1 aromatic rings. The predicted octanol–water partition coefficient (Wildman–Crippen LogP) is 1.83. The van der Waals surface area contributed by atoms with Gasteiger partial charge in [-0.2, -0.15) is 0 Å². The Bertz CT molecular complexity index is 646. The molecule has 8 heteroatoms. The number of rotatable bonds is 8. The van der Waals surface area contributed by atoms with E-state index < -0.39 is 10.0 Å². The second-order valence-corrected chi connectivity index (χ2v) is 8.12. The molecular weight excluding hydrogens is 451 g/mol. The van der Waals surface area contributed by atoms with Gasteiger partial charge >= 0.3 is 0 Å². The maximum atomic E-state index is 11.1. The van der Waals surface area contributed by atoms with Gasteiger partial charge in [-0.05, 0) is 25.3 Å². The Labute approximate surface area is 168 Å². The van der Waals surface area contributed by atoms with Crippen LogP contribution in [0.15, 0.2) is 35.3 Å². The molecule has 0 bridgehead atoms. The molecule has 2 rings (SSSR count). The number of guanidine groups is 1. The van der Waals surface area contributed by atoms with Gasteiger partial charge in [0, 0.05) is 25.0 Å². The van der Waals surface area contributed by atoms with Crippen molar-refractivity contribution in [1.82, 2.24) is 15.4 Å². The van der Waals surface area contributed by atoms with E-state index in [1.807, 2.05) is 13.0 Å². The lowest BCUT2D eigenvalue weighted by Gasteiger charge is -2.41. The van der Waals surface area contributed by atoms with E-state index in [9.17, 15) is 8.42 Å². The third-order valence-electron chi connectivity index (χ3n) is 4.36. The second-order valence-electron chi connectivity index (χ2n) is 6.29. The van der Waals surface area contributed by atoms with Crippen LogP contribution >= 0.6 is 24.0 Å². The highest BCUT2D eigenvalue weighted by atomic mass is 127. The van der Waals surface area contributed by atoms with Crippen LogP contribution < -0.4 is 15.4 Å². The van der Waals surface area contributed by atoms with E-state index in [1.54, 1.807) is 0 Å². The van der Waals surface area contributed by atoms with E-state index in [0.29, 0.717) is 13.1 Å². The summed E-state index contributed by atoms with van der Waals surface area (Å²) in [6.45, 7) is 4.36. The Balaban J connectivity index is 0.00000312. The molecule has 0 amide bonds. The zero-order valence-electron chi connectivity index (χ0n) is 14.9. The Morgan fingerprint density at radius 3 is 2.36 bits per heavy atom. The molecule has 0 saturated heterocycles. The Morgan fingerprint density at radius 2 is 1.84 bits per heavy atom. The normalized spacial score (nSPS) is 16.5. The molecule has 1 aromatic carbocycles. The van der Waals surface area contributed by atoms with Crippen LogP contribution in [0.25, 0.3) is 0 Å². The summed E-state index contributed by atoms with van der Waals surface area (Å²) >= 11 is 0. The van der Waals surface area contributed by atoms with E-state index in [-0.39, 0.29) is 29.4 Å². The Morgan fingerprint density at radius 1 is 1.16 bits per heavy atom. The summed E-state index contributed by atoms with van der Waals surface area (Å²) in [7, 11) is -3.15. The van der Waals surface area contributed by atoms with Crippen molar-refractivity contribution in [2.75, 3.05) is 32.4 Å². The number of aliphatic imine (C=N–C) groups is 1. The molecule has 6 nitrogen and oxygen atoms in total. The zero-order valence-corrected chi connectivity index (χ0v) is 18.1. The lowest BCUT2D eigenvalue weighted by molar-refractivity contribution is 0.253. The Kier molecular flexibility index (Phi) is 9.15. The minimum Gasteiger partial charge on any atom is -0.357 e. The molecule has 25 heavy (non-hydrogen) atoms. The predicted molar refractivity (Wildman–Crippen MR) is 114 cm³/mol. The summed E-state index contributed by atoms with van der Waals surface area (Å²) in [5, 5.41) is 6.39. The quantitative estimate of drug-likeness (QED) is 0.230. The van der Waals surface area contributed by atoms with Crippen LogP contribution in [-0.2, 0) is 15.4 Å². The fourth-order valence-electron chi connectivity index (χ4n) is 2.92. The van der Waals surface area contributed by atoms with Gasteiger partial charge in [-0.1, -0.05) is 36.8 Å². The van der Waals surface area contributed by atoms with Gasteiger partial charge in [0.15, 0.2) is 5.96 Å². The van der Waals surface area contributed by atoms with Crippen molar-refractivity contribution in [2.45, 2.75) is 31.6 Å². The van der Waals surface area contributed by atoms with Crippen molar-refractivity contribution in [3.05, 3.63) is 35.9 Å². The number of nitrogens with zero attached hydrogens (tertiary/aromatic N) is 1. The summed E-state index contributed by atoms with van der Waals surface area (Å²) in [6.07, 6.45) is 4.73. The average Bonchev–Trinajstić information content (AvgIpc) is 2.50. The van der Waals surface area contributed by atoms with Gasteiger partial charge in [0.05, 0.1) is 12.8 Å². The van der Waals surface area contributed by atoms with Crippen LogP contribution in [0.1, 0.15) is 31.7 Å². The summed E-state index contributed by atoms with van der Waals surface area (Å²) < 4.78 is 24.6. The van der Waals surface area contributed by atoms with Crippen molar-refractivity contribution >= 4 is 40.0 Å². The van der Waals surface area contributed by atoms with E-state index in [1.165, 1.54) is 12.0 Å². The number of hydrogen-bond acceptors (Lipinski definition) is 3. The van der Waals surface area contributed by atoms with E-state index >= 15 is 0 Å². The molecular formula is C17H29IN4O2S. The SMILES string of the molecule is CCNC(=NCC1(c2ccccc2)CCC1)NCCNS(C)(=O)=O.I. The van der Waals surface area contributed by atoms with Gasteiger partial charge in [-0.15, -0.1) is 24.0 Å². The van der Waals surface area contributed by atoms with Crippen LogP contribution in [0, 0.1) is 0 Å². The first kappa shape index (κ1) is 22.2. The van der Waals surface area contributed by atoms with Gasteiger partial charge < -0.3 is 10.6 Å². The fourth-order valence-corrected chi connectivity index (χ4v) is 3.40. The topological polar surface area (TPSA) is 82.6 Å². The summed E-state index contributed by atoms with van der Waals surface area (Å²) in [5.41, 5.74) is 1.50. The fraction of sp³-hybridized carbons (Fsp3) is 0.588. The lowest BCUT2D eigenvalue weighted by Crippen LogP contribution is -2.43. The molecule has 0 atom stereocenters. The number of halogens is 1. The van der Waals surface area contributed by atoms with Crippen molar-refractivity contribution in [1.29, 1.82) is 0 Å². The highest BCUT2D eigenvalue weighted by Crippen LogP contribution is 2.43. The second kappa shape index (κ2) is 10.3. The van der Waals surface area contributed by atoms with Gasteiger partial charge in [-0.3, -0.25) is 4.99 Å². The van der Waals surface area contributed by atoms with Crippen LogP contribution in [0.5, 0.6) is 0 Å². The first-order valence-corrected chi connectivity index (χ1v) is 10.4. The van der Waals surface area contributed by atoms with Crippen molar-refractivity contribution in [3.8, 4) is 0 Å². The first-order valence-electron chi connectivity index (χ1n) is 8.47. The van der Waals surface area contributed by atoms with Crippen LogP contribution in [0.4, 0.5) is 0 Å². The van der Waals surface area contributed by atoms with Crippen molar-refractivity contribution in [2.24, 2.45) is 4.99 Å². The van der Waals surface area contributed by atoms with Crippen LogP contribution in [0.2, 0.25) is 0 Å². The molecule has 142 valence electrons. The summed E-state index contributed by atoms with van der Waals surface area (Å²) in [4.78, 5) is 4.74. The first-order chi connectivity index (χ1) is 11.5. The molecule has 0 radical (unpaired) electrons. The van der Waals surface area contributed by atoms with Gasteiger partial charge in [0.1, 0.15) is 0 Å². The van der Waals surface area contributed by atoms with E-state index in [2.05, 4.69) is 39.6 Å². The zero-order chi connectivity index (χ0) is 17.5. The smallest absolute Gasteiger partial charge is 0.208 e. The van der Waals surface area contributed by atoms with Gasteiger partial charge in [0.2, 0.25) is 10.0 Å². The van der Waals surface area contributed by atoms with Crippen molar-refractivity contribution < 1.29 is 8.42 Å². The maximum absolute atomic E-state index is 11.1. The minimum atomic E-state index is -3.15. The highest BCUT2D eigenvalue weighted by Gasteiger charge is 2.38. The van der Waals surface area contributed by atoms with Crippen molar-refractivity contribution in [3.63, 3.8) is 0 Å². The third kappa shape index (κ3) is 7.10. The van der Waals surface area contributed by atoms with Gasteiger partial charge in [-0.25, -0.2) is 13.1 Å². The number of hydrogen-bond donors (Lipinski definition) is 3. The lowest BCUT2D eigenvalue weighted by atomic mass is 9.64. The molecule has 0 spiro atoms. The standard InChI is InChI=1S/C17H28N4O2S.HI/c1-3-18-16(19-12-13-21-24(2,22)23)20-14-17(10-7-11-17)15-8-5-4-6-9-15;/h4-6,8-9,21H,3,7,10-14H2,1-2H3,(H2,18,19,20);1H. The monoisotopic (exact) mass is 480 g/mol. The largest absolute Gasteiger partial charge is 0.357 e. The number of benzene rings is 1. The molecule has 1 fully saturated rings. The molecule has 0 aliphatic heterocycles. The number of sulfonamides is 1. The third-order valence-corrected chi connectivity index (χ3v) is 5.09. The highest BCUT2D eigenvalue weighted by molar-refractivity contribution is 14.0. The number of nitrogens with one attached hydrogen (secondary N) is 3. The van der Waals surface area contributed by atoms with Crippen LogP contribution in [-0.4, -0.2) is 46.8 Å². The minimum absolute atomic E-state index is 0. The molecule has 0 heterocycles. The molecule has 3 N–H and O–H groups in total. The molecule has 1 aliphatic carbocycles.